The minimum absolute atomic E-state index is 0.491. The summed E-state index contributed by atoms with van der Waals surface area (Å²) in [4.78, 5) is 0. The van der Waals surface area contributed by atoms with Gasteiger partial charge in [-0.3, -0.25) is 0 Å². The van der Waals surface area contributed by atoms with Gasteiger partial charge in [0.15, 0.2) is 0 Å². The fraction of sp³-hybridized carbons (Fsp3) is 0.440. The van der Waals surface area contributed by atoms with Crippen molar-refractivity contribution in [2.24, 2.45) is 11.8 Å². The van der Waals surface area contributed by atoms with Crippen LogP contribution in [0, 0.1) is 11.8 Å². The smallest absolute Gasteiger partial charge is 0.0679 e. The van der Waals surface area contributed by atoms with E-state index in [-0.39, 0.29) is 0 Å². The number of benzene rings is 4. The highest BCUT2D eigenvalue weighted by Gasteiger charge is 2.49. The van der Waals surface area contributed by atoms with Gasteiger partial charge in [0.25, 0.3) is 0 Å². The molecule has 264 valence electrons. The molecule has 2 saturated carbocycles. The van der Waals surface area contributed by atoms with Gasteiger partial charge >= 0.3 is 0 Å². The van der Waals surface area contributed by atoms with Gasteiger partial charge in [-0.05, 0) is 105 Å². The molecule has 0 heterocycles. The zero-order valence-corrected chi connectivity index (χ0v) is 33.3. The minimum Gasteiger partial charge on any atom is -0.0679 e. The quantitative estimate of drug-likeness (QED) is 0.162. The van der Waals surface area contributed by atoms with Gasteiger partial charge in [-0.2, -0.15) is 0 Å². The standard InChI is InChI=1S/C50H60Si/c1-33(2)45-31-47-41(39-27-23-37(24-28-39)35-15-9-7-10-16-35)19-13-21-43(47)49(45)51(5,6)50-44-22-14-20-42(48(44)32-46(50)34(3)4)40-29-25-38(26-30-40)36-17-11-8-12-18-36/h13-14,19-36,49-50H,7-12,15-18H2,1-6H3. The van der Waals surface area contributed by atoms with Crippen molar-refractivity contribution in [1.29, 1.82) is 0 Å². The van der Waals surface area contributed by atoms with Gasteiger partial charge < -0.3 is 0 Å². The zero-order valence-electron chi connectivity index (χ0n) is 32.3. The molecule has 0 radical (unpaired) electrons. The molecule has 8 rings (SSSR count). The van der Waals surface area contributed by atoms with E-state index in [0.29, 0.717) is 22.9 Å². The molecule has 0 aliphatic heterocycles. The maximum atomic E-state index is 2.72. The third-order valence-electron chi connectivity index (χ3n) is 13.6. The molecule has 0 bridgehead atoms. The molecule has 4 aliphatic rings. The van der Waals surface area contributed by atoms with Gasteiger partial charge in [-0.25, -0.2) is 0 Å². The molecule has 0 N–H and O–H groups in total. The van der Waals surface area contributed by atoms with E-state index in [1.165, 1.54) is 97.6 Å². The zero-order chi connectivity index (χ0) is 35.3. The van der Waals surface area contributed by atoms with Crippen molar-refractivity contribution >= 4 is 20.2 Å². The number of rotatable bonds is 8. The molecule has 0 aromatic heterocycles. The minimum atomic E-state index is -2.04. The molecule has 2 unspecified atom stereocenters. The van der Waals surface area contributed by atoms with Crippen molar-refractivity contribution in [3.05, 3.63) is 129 Å². The molecule has 0 spiro atoms. The summed E-state index contributed by atoms with van der Waals surface area (Å²) >= 11 is 0. The van der Waals surface area contributed by atoms with Crippen LogP contribution in [-0.4, -0.2) is 8.07 Å². The van der Waals surface area contributed by atoms with Gasteiger partial charge in [0.2, 0.25) is 0 Å². The normalized spacial score (nSPS) is 21.2. The van der Waals surface area contributed by atoms with E-state index in [9.17, 15) is 0 Å². The van der Waals surface area contributed by atoms with E-state index < -0.39 is 8.07 Å². The summed E-state index contributed by atoms with van der Waals surface area (Å²) in [6.07, 6.45) is 19.0. The molecule has 4 aliphatic carbocycles. The van der Waals surface area contributed by atoms with Gasteiger partial charge in [-0.1, -0.05) is 188 Å². The molecule has 51 heavy (non-hydrogen) atoms. The third-order valence-corrected chi connectivity index (χ3v) is 17.9. The molecule has 2 atom stereocenters. The van der Waals surface area contributed by atoms with Crippen molar-refractivity contribution in [1.82, 2.24) is 0 Å². The number of allylic oxidation sites excluding steroid dienone is 2. The van der Waals surface area contributed by atoms with E-state index in [2.05, 4.69) is 138 Å². The first-order valence-corrected chi connectivity index (χ1v) is 23.8. The van der Waals surface area contributed by atoms with Crippen LogP contribution in [0.4, 0.5) is 0 Å². The van der Waals surface area contributed by atoms with Gasteiger partial charge in [0, 0.05) is 11.1 Å². The van der Waals surface area contributed by atoms with Crippen LogP contribution in [0.1, 0.15) is 148 Å². The van der Waals surface area contributed by atoms with E-state index >= 15 is 0 Å². The van der Waals surface area contributed by atoms with Crippen LogP contribution in [0.2, 0.25) is 13.1 Å². The lowest BCUT2D eigenvalue weighted by Gasteiger charge is -2.41. The summed E-state index contributed by atoms with van der Waals surface area (Å²) in [6.45, 7) is 15.2. The van der Waals surface area contributed by atoms with E-state index in [1.54, 1.807) is 33.4 Å². The fourth-order valence-electron chi connectivity index (χ4n) is 10.9. The lowest BCUT2D eigenvalue weighted by atomic mass is 9.83. The average Bonchev–Trinajstić information content (AvgIpc) is 3.77. The van der Waals surface area contributed by atoms with Gasteiger partial charge in [0.1, 0.15) is 0 Å². The maximum Gasteiger partial charge on any atom is 0.0722 e. The van der Waals surface area contributed by atoms with Crippen LogP contribution < -0.4 is 0 Å². The van der Waals surface area contributed by atoms with Crippen molar-refractivity contribution in [2.75, 3.05) is 0 Å². The highest BCUT2D eigenvalue weighted by atomic mass is 28.3. The Morgan fingerprint density at radius 3 is 1.20 bits per heavy atom. The molecular formula is C50H60Si. The summed E-state index contributed by atoms with van der Waals surface area (Å²) in [5.41, 5.74) is 19.1. The molecule has 4 aromatic rings. The van der Waals surface area contributed by atoms with Crippen LogP contribution in [0.5, 0.6) is 0 Å². The van der Waals surface area contributed by atoms with Crippen LogP contribution in [0.3, 0.4) is 0 Å². The highest BCUT2D eigenvalue weighted by Crippen LogP contribution is 2.57. The first kappa shape index (κ1) is 34.7. The molecule has 1 heteroatoms. The Balaban J connectivity index is 1.16. The first-order valence-electron chi connectivity index (χ1n) is 20.6. The molecule has 4 aromatic carbocycles. The Labute approximate surface area is 310 Å². The monoisotopic (exact) mass is 688 g/mol. The predicted molar refractivity (Wildman–Crippen MR) is 224 cm³/mol. The largest absolute Gasteiger partial charge is 0.0722 e. The van der Waals surface area contributed by atoms with Crippen LogP contribution in [0.25, 0.3) is 34.4 Å². The van der Waals surface area contributed by atoms with Crippen LogP contribution in [-0.2, 0) is 0 Å². The summed E-state index contributed by atoms with van der Waals surface area (Å²) in [5, 5.41) is 0. The average molecular weight is 689 g/mol. The summed E-state index contributed by atoms with van der Waals surface area (Å²) in [7, 11) is -2.04. The molecule has 0 saturated heterocycles. The molecule has 0 amide bonds. The van der Waals surface area contributed by atoms with E-state index in [4.69, 9.17) is 0 Å². The Morgan fingerprint density at radius 2 is 0.843 bits per heavy atom. The van der Waals surface area contributed by atoms with Crippen molar-refractivity contribution in [3.8, 4) is 22.3 Å². The molecule has 2 fully saturated rings. The maximum absolute atomic E-state index is 2.72. The number of hydrogen-bond donors (Lipinski definition) is 0. The third kappa shape index (κ3) is 6.37. The van der Waals surface area contributed by atoms with Crippen LogP contribution in [0.15, 0.2) is 96.1 Å². The van der Waals surface area contributed by atoms with Crippen LogP contribution >= 0.6 is 0 Å². The number of hydrogen-bond acceptors (Lipinski definition) is 0. The van der Waals surface area contributed by atoms with Crippen molar-refractivity contribution < 1.29 is 0 Å². The summed E-state index contributed by atoms with van der Waals surface area (Å²) < 4.78 is 0. The Morgan fingerprint density at radius 1 is 0.471 bits per heavy atom. The summed E-state index contributed by atoms with van der Waals surface area (Å²) in [5.74, 6) is 2.52. The Bertz CT molecular complexity index is 1780. The molecular weight excluding hydrogens is 629 g/mol. The Hall–Kier alpha value is -3.42. The topological polar surface area (TPSA) is 0 Å². The highest BCUT2D eigenvalue weighted by molar-refractivity contribution is 6.81. The SMILES string of the molecule is CC(C)C1=Cc2c(-c3ccc(C4CCCCC4)cc3)cccc2C1[Si](C)(C)C1C(C(C)C)=Cc2c(-c3ccc(C4CCCCC4)cc3)cccc21. The van der Waals surface area contributed by atoms with Gasteiger partial charge in [-0.15, -0.1) is 0 Å². The summed E-state index contributed by atoms with van der Waals surface area (Å²) in [6, 6.07) is 33.9. The lowest BCUT2D eigenvalue weighted by molar-refractivity contribution is 0.443. The second-order valence-electron chi connectivity index (χ2n) is 17.8. The molecule has 0 nitrogen and oxygen atoms in total. The van der Waals surface area contributed by atoms with Gasteiger partial charge in [0.05, 0.1) is 8.07 Å². The number of fused-ring (bicyclic) bond motifs is 2. The lowest BCUT2D eigenvalue weighted by Crippen LogP contribution is -2.44. The predicted octanol–water partition coefficient (Wildman–Crippen LogP) is 14.9. The van der Waals surface area contributed by atoms with Crippen molar-refractivity contribution in [2.45, 2.75) is 128 Å². The second-order valence-corrected chi connectivity index (χ2v) is 22.6. The van der Waals surface area contributed by atoms with E-state index in [1.807, 2.05) is 0 Å². The Kier molecular flexibility index (Phi) is 9.64. The van der Waals surface area contributed by atoms with E-state index in [0.717, 1.165) is 11.8 Å². The fourth-order valence-corrected chi connectivity index (χ4v) is 15.9. The first-order chi connectivity index (χ1) is 24.7. The van der Waals surface area contributed by atoms with Crippen molar-refractivity contribution in [3.63, 3.8) is 0 Å². The second kappa shape index (κ2) is 14.2.